The Hall–Kier alpha value is -2.32. The van der Waals surface area contributed by atoms with Gasteiger partial charge in [-0.15, -0.1) is 0 Å². The fourth-order valence-electron chi connectivity index (χ4n) is 2.55. The number of rotatable bonds is 2. The van der Waals surface area contributed by atoms with Crippen LogP contribution in [0.3, 0.4) is 0 Å². The zero-order chi connectivity index (χ0) is 15.0. The van der Waals surface area contributed by atoms with Gasteiger partial charge < -0.3 is 5.11 Å². The van der Waals surface area contributed by atoms with E-state index >= 15 is 0 Å². The van der Waals surface area contributed by atoms with Crippen molar-refractivity contribution in [1.29, 1.82) is 0 Å². The molecule has 3 aromatic rings. The normalized spacial score (nSPS) is 10.8. The maximum atomic E-state index is 11.2. The molecule has 0 amide bonds. The summed E-state index contributed by atoms with van der Waals surface area (Å²) in [6.07, 6.45) is 0. The third-order valence-electron chi connectivity index (χ3n) is 3.63. The van der Waals surface area contributed by atoms with Crippen LogP contribution in [0.25, 0.3) is 21.9 Å². The molecule has 0 unspecified atom stereocenters. The van der Waals surface area contributed by atoms with Crippen LogP contribution in [0.4, 0.5) is 0 Å². The first-order chi connectivity index (χ1) is 10.1. The van der Waals surface area contributed by atoms with E-state index in [1.807, 2.05) is 49.4 Å². The van der Waals surface area contributed by atoms with E-state index in [0.29, 0.717) is 5.02 Å². The van der Waals surface area contributed by atoms with Crippen LogP contribution in [-0.4, -0.2) is 11.1 Å². The van der Waals surface area contributed by atoms with E-state index in [4.69, 9.17) is 11.6 Å². The molecule has 104 valence electrons. The lowest BCUT2D eigenvalue weighted by Gasteiger charge is -2.12. The Bertz CT molecular complexity index is 853. The molecule has 0 aliphatic carbocycles. The minimum Gasteiger partial charge on any atom is -0.478 e. The first-order valence-electron chi connectivity index (χ1n) is 6.59. The summed E-state index contributed by atoms with van der Waals surface area (Å²) in [4.78, 5) is 11.2. The molecule has 2 nitrogen and oxygen atoms in total. The quantitative estimate of drug-likeness (QED) is 0.708. The third-order valence-corrected chi connectivity index (χ3v) is 3.95. The largest absolute Gasteiger partial charge is 0.478 e. The highest BCUT2D eigenvalue weighted by Crippen LogP contribution is 2.37. The number of aryl methyl sites for hydroxylation is 1. The highest BCUT2D eigenvalue weighted by atomic mass is 35.5. The van der Waals surface area contributed by atoms with Gasteiger partial charge in [0.15, 0.2) is 0 Å². The zero-order valence-electron chi connectivity index (χ0n) is 11.4. The lowest BCUT2D eigenvalue weighted by atomic mass is 9.94. The minimum atomic E-state index is -0.937. The highest BCUT2D eigenvalue weighted by molar-refractivity contribution is 6.35. The second kappa shape index (κ2) is 5.23. The summed E-state index contributed by atoms with van der Waals surface area (Å²) in [6.45, 7) is 2.02. The smallest absolute Gasteiger partial charge is 0.335 e. The van der Waals surface area contributed by atoms with Crippen LogP contribution >= 0.6 is 11.6 Å². The van der Waals surface area contributed by atoms with E-state index < -0.39 is 5.97 Å². The number of carboxylic acids is 1. The molecule has 0 aliphatic heterocycles. The van der Waals surface area contributed by atoms with Crippen molar-refractivity contribution in [3.05, 3.63) is 70.7 Å². The van der Waals surface area contributed by atoms with E-state index in [0.717, 1.165) is 27.5 Å². The molecule has 0 atom stereocenters. The van der Waals surface area contributed by atoms with Crippen molar-refractivity contribution < 1.29 is 9.90 Å². The zero-order valence-corrected chi connectivity index (χ0v) is 12.2. The summed E-state index contributed by atoms with van der Waals surface area (Å²) in [5.41, 5.74) is 3.28. The van der Waals surface area contributed by atoms with Gasteiger partial charge in [0.1, 0.15) is 0 Å². The number of fused-ring (bicyclic) bond motifs is 1. The van der Waals surface area contributed by atoms with Gasteiger partial charge in [0.2, 0.25) is 0 Å². The van der Waals surface area contributed by atoms with Gasteiger partial charge in [-0.3, -0.25) is 0 Å². The maximum Gasteiger partial charge on any atom is 0.335 e. The summed E-state index contributed by atoms with van der Waals surface area (Å²) in [5.74, 6) is -0.937. The summed E-state index contributed by atoms with van der Waals surface area (Å²) in [5, 5.41) is 11.7. The van der Waals surface area contributed by atoms with Gasteiger partial charge >= 0.3 is 5.97 Å². The molecule has 0 aliphatic rings. The number of halogens is 1. The molecule has 21 heavy (non-hydrogen) atoms. The van der Waals surface area contributed by atoms with Crippen LogP contribution in [0.2, 0.25) is 5.02 Å². The molecule has 0 bridgehead atoms. The van der Waals surface area contributed by atoms with E-state index in [9.17, 15) is 9.90 Å². The van der Waals surface area contributed by atoms with Gasteiger partial charge in [0.25, 0.3) is 0 Å². The molecule has 3 aromatic carbocycles. The molecular formula is C18H13ClO2. The minimum absolute atomic E-state index is 0.264. The van der Waals surface area contributed by atoms with Crippen molar-refractivity contribution in [2.45, 2.75) is 6.92 Å². The standard InChI is InChI=1S/C18H13ClO2/c1-11-4-2-3-5-14(11)17-15-10-13(18(20)21)7-6-12(15)8-9-16(17)19/h2-10H,1H3,(H,20,21). The lowest BCUT2D eigenvalue weighted by molar-refractivity contribution is 0.0697. The fourth-order valence-corrected chi connectivity index (χ4v) is 2.82. The SMILES string of the molecule is Cc1ccccc1-c1c(Cl)ccc2ccc(C(=O)O)cc12. The van der Waals surface area contributed by atoms with Crippen LogP contribution in [0.15, 0.2) is 54.6 Å². The van der Waals surface area contributed by atoms with Crippen molar-refractivity contribution >= 4 is 28.3 Å². The van der Waals surface area contributed by atoms with Gasteiger partial charge in [0.05, 0.1) is 5.56 Å². The first kappa shape index (κ1) is 13.7. The Kier molecular flexibility index (Phi) is 3.40. The van der Waals surface area contributed by atoms with Gasteiger partial charge in [-0.25, -0.2) is 4.79 Å². The summed E-state index contributed by atoms with van der Waals surface area (Å²) >= 11 is 6.39. The first-order valence-corrected chi connectivity index (χ1v) is 6.97. The monoisotopic (exact) mass is 296 g/mol. The average Bonchev–Trinajstić information content (AvgIpc) is 2.48. The predicted molar refractivity (Wildman–Crippen MR) is 86.1 cm³/mol. The third kappa shape index (κ3) is 2.39. The average molecular weight is 297 g/mol. The number of carboxylic acid groups (broad SMARTS) is 1. The Morgan fingerprint density at radius 3 is 2.48 bits per heavy atom. The van der Waals surface area contributed by atoms with Crippen LogP contribution in [0, 0.1) is 6.92 Å². The Labute approximate surface area is 127 Å². The molecule has 3 rings (SSSR count). The van der Waals surface area contributed by atoms with E-state index in [-0.39, 0.29) is 5.56 Å². The molecule has 1 N–H and O–H groups in total. The number of carbonyl (C=O) groups is 1. The molecule has 0 aromatic heterocycles. The van der Waals surface area contributed by atoms with Crippen LogP contribution in [0.5, 0.6) is 0 Å². The number of benzene rings is 3. The maximum absolute atomic E-state index is 11.2. The van der Waals surface area contributed by atoms with Gasteiger partial charge in [-0.2, -0.15) is 0 Å². The second-order valence-electron chi connectivity index (χ2n) is 4.98. The van der Waals surface area contributed by atoms with Gasteiger partial charge in [0, 0.05) is 10.6 Å². The molecule has 0 saturated heterocycles. The van der Waals surface area contributed by atoms with Crippen LogP contribution < -0.4 is 0 Å². The number of hydrogen-bond donors (Lipinski definition) is 1. The number of hydrogen-bond acceptors (Lipinski definition) is 1. The molecule has 3 heteroatoms. The molecule has 0 saturated carbocycles. The van der Waals surface area contributed by atoms with E-state index in [1.165, 1.54) is 0 Å². The lowest BCUT2D eigenvalue weighted by Crippen LogP contribution is -1.96. The van der Waals surface area contributed by atoms with Crippen LogP contribution in [-0.2, 0) is 0 Å². The van der Waals surface area contributed by atoms with Crippen molar-refractivity contribution in [3.63, 3.8) is 0 Å². The van der Waals surface area contributed by atoms with Gasteiger partial charge in [-0.1, -0.05) is 48.0 Å². The van der Waals surface area contributed by atoms with Gasteiger partial charge in [-0.05, 0) is 47.0 Å². The predicted octanol–water partition coefficient (Wildman–Crippen LogP) is 5.17. The van der Waals surface area contributed by atoms with Crippen molar-refractivity contribution in [2.75, 3.05) is 0 Å². The molecule has 0 heterocycles. The molecule has 0 radical (unpaired) electrons. The summed E-state index contributed by atoms with van der Waals surface area (Å²) < 4.78 is 0. The molecule has 0 fully saturated rings. The highest BCUT2D eigenvalue weighted by Gasteiger charge is 2.12. The fraction of sp³-hybridized carbons (Fsp3) is 0.0556. The summed E-state index contributed by atoms with van der Waals surface area (Å²) in [6, 6.07) is 16.8. The molecular weight excluding hydrogens is 284 g/mol. The van der Waals surface area contributed by atoms with Crippen molar-refractivity contribution in [3.8, 4) is 11.1 Å². The topological polar surface area (TPSA) is 37.3 Å². The van der Waals surface area contributed by atoms with Crippen molar-refractivity contribution in [2.24, 2.45) is 0 Å². The van der Waals surface area contributed by atoms with E-state index in [2.05, 4.69) is 0 Å². The summed E-state index contributed by atoms with van der Waals surface area (Å²) in [7, 11) is 0. The second-order valence-corrected chi connectivity index (χ2v) is 5.39. The van der Waals surface area contributed by atoms with Crippen molar-refractivity contribution in [1.82, 2.24) is 0 Å². The molecule has 0 spiro atoms. The Balaban J connectivity index is 2.40. The van der Waals surface area contributed by atoms with Crippen LogP contribution in [0.1, 0.15) is 15.9 Å². The Morgan fingerprint density at radius 1 is 1.05 bits per heavy atom. The Morgan fingerprint density at radius 2 is 1.76 bits per heavy atom. The number of aromatic carboxylic acids is 1. The van der Waals surface area contributed by atoms with E-state index in [1.54, 1.807) is 12.1 Å².